The number of ether oxygens (including phenoxy) is 2. The molecule has 0 aliphatic rings. The smallest absolute Gasteiger partial charge is 0.410 e. The van der Waals surface area contributed by atoms with Crippen molar-refractivity contribution < 1.29 is 18.7 Å². The molecule has 1 amide bonds. The van der Waals surface area contributed by atoms with E-state index in [4.69, 9.17) is 9.47 Å². The van der Waals surface area contributed by atoms with Crippen LogP contribution < -0.4 is 0 Å². The molecule has 144 valence electrons. The first-order valence-electron chi connectivity index (χ1n) is 8.30. The number of amides is 1. The first-order chi connectivity index (χ1) is 12.0. The van der Waals surface area contributed by atoms with Gasteiger partial charge < -0.3 is 18.9 Å². The maximum atomic E-state index is 13.6. The van der Waals surface area contributed by atoms with E-state index in [0.29, 0.717) is 23.1 Å². The number of likely N-dealkylation sites (N-methyl/N-ethyl adjacent to an activating group) is 1. The Balaban J connectivity index is 2.19. The Labute approximate surface area is 161 Å². The molecule has 0 fully saturated rings. The van der Waals surface area contributed by atoms with Crippen LogP contribution in [0.25, 0.3) is 11.0 Å². The molecule has 2 rings (SSSR count). The molecule has 0 N–H and O–H groups in total. The Hall–Kier alpha value is -1.67. The van der Waals surface area contributed by atoms with Crippen molar-refractivity contribution in [2.24, 2.45) is 0 Å². The summed E-state index contributed by atoms with van der Waals surface area (Å²) in [5.41, 5.74) is 0.815. The highest BCUT2D eigenvalue weighted by Crippen LogP contribution is 2.27. The lowest BCUT2D eigenvalue weighted by Gasteiger charge is -2.27. The number of rotatable bonds is 5. The third-order valence-corrected chi connectivity index (χ3v) is 4.46. The van der Waals surface area contributed by atoms with Crippen molar-refractivity contribution in [3.05, 3.63) is 28.2 Å². The summed E-state index contributed by atoms with van der Waals surface area (Å²) in [5, 5.41) is 0. The Kier molecular flexibility index (Phi) is 6.29. The van der Waals surface area contributed by atoms with Gasteiger partial charge in [0.1, 0.15) is 17.2 Å². The van der Waals surface area contributed by atoms with Gasteiger partial charge in [-0.05, 0) is 49.7 Å². The van der Waals surface area contributed by atoms with Gasteiger partial charge in [-0.2, -0.15) is 0 Å². The Bertz CT molecular complexity index is 801. The number of methoxy groups -OCH3 is 1. The third-order valence-electron chi connectivity index (χ3n) is 3.85. The van der Waals surface area contributed by atoms with Crippen molar-refractivity contribution in [3.8, 4) is 0 Å². The summed E-state index contributed by atoms with van der Waals surface area (Å²) in [6, 6.07) is 2.81. The molecule has 0 radical (unpaired) electrons. The number of carbonyl (C=O) groups is 1. The monoisotopic (exact) mass is 429 g/mol. The second-order valence-corrected chi connectivity index (χ2v) is 8.10. The van der Waals surface area contributed by atoms with Gasteiger partial charge >= 0.3 is 6.09 Å². The molecule has 0 bridgehead atoms. The molecule has 1 heterocycles. The average molecular weight is 430 g/mol. The predicted molar refractivity (Wildman–Crippen MR) is 102 cm³/mol. The Morgan fingerprint density at radius 1 is 1.42 bits per heavy atom. The fourth-order valence-corrected chi connectivity index (χ4v) is 3.29. The molecule has 1 aromatic carbocycles. The van der Waals surface area contributed by atoms with E-state index in [1.54, 1.807) is 14.2 Å². The van der Waals surface area contributed by atoms with Crippen LogP contribution in [0.15, 0.2) is 16.6 Å². The number of hydrogen-bond acceptors (Lipinski definition) is 4. The average Bonchev–Trinajstić information content (AvgIpc) is 2.80. The number of hydrogen-bond donors (Lipinski definition) is 0. The molecule has 0 saturated heterocycles. The number of imidazole rings is 1. The van der Waals surface area contributed by atoms with Gasteiger partial charge in [0.25, 0.3) is 0 Å². The van der Waals surface area contributed by atoms with Crippen molar-refractivity contribution in [1.82, 2.24) is 14.5 Å². The summed E-state index contributed by atoms with van der Waals surface area (Å²) in [4.78, 5) is 18.1. The molecule has 0 saturated carbocycles. The zero-order valence-corrected chi connectivity index (χ0v) is 17.6. The maximum absolute atomic E-state index is 13.6. The number of carbonyl (C=O) groups excluding carboxylic acids is 1. The molecule has 8 heteroatoms. The lowest BCUT2D eigenvalue weighted by Crippen LogP contribution is -2.40. The van der Waals surface area contributed by atoms with E-state index >= 15 is 0 Å². The molecule has 26 heavy (non-hydrogen) atoms. The van der Waals surface area contributed by atoms with Crippen molar-refractivity contribution in [2.75, 3.05) is 20.7 Å². The second-order valence-electron chi connectivity index (χ2n) is 7.24. The minimum Gasteiger partial charge on any atom is -0.444 e. The number of nitrogens with zero attached hydrogens (tertiary/aromatic N) is 3. The van der Waals surface area contributed by atoms with E-state index in [2.05, 4.69) is 20.9 Å². The summed E-state index contributed by atoms with van der Waals surface area (Å²) in [5.74, 6) is 0.398. The van der Waals surface area contributed by atoms with Gasteiger partial charge in [-0.3, -0.25) is 0 Å². The SMILES string of the molecule is CO[C@H](CN(C)C(=O)OC(C)(C)C)Cn1c(C)nc2cc(F)cc(Br)c21. The van der Waals surface area contributed by atoms with Gasteiger partial charge in [0, 0.05) is 24.7 Å². The molecular formula is C18H25BrFN3O3. The standard InChI is InChI=1S/C18H25BrFN3O3/c1-11-21-15-8-12(20)7-14(19)16(15)23(11)10-13(25-6)9-22(5)17(24)26-18(2,3)4/h7-8,13H,9-10H2,1-6H3/t13-/m1/s1. The summed E-state index contributed by atoms with van der Waals surface area (Å²) in [6.07, 6.45) is -0.685. The van der Waals surface area contributed by atoms with Crippen LogP contribution >= 0.6 is 15.9 Å². The largest absolute Gasteiger partial charge is 0.444 e. The van der Waals surface area contributed by atoms with E-state index in [9.17, 15) is 9.18 Å². The van der Waals surface area contributed by atoms with Crippen LogP contribution in [0.3, 0.4) is 0 Å². The molecule has 0 aliphatic heterocycles. The van der Waals surface area contributed by atoms with E-state index in [1.165, 1.54) is 17.0 Å². The van der Waals surface area contributed by atoms with Crippen molar-refractivity contribution in [2.45, 2.75) is 45.9 Å². The summed E-state index contributed by atoms with van der Waals surface area (Å²) >= 11 is 3.40. The van der Waals surface area contributed by atoms with Gasteiger partial charge in [0.05, 0.1) is 30.2 Å². The van der Waals surface area contributed by atoms with Crippen LogP contribution in [-0.2, 0) is 16.0 Å². The van der Waals surface area contributed by atoms with Crippen LogP contribution in [-0.4, -0.2) is 53.0 Å². The van der Waals surface area contributed by atoms with Crippen molar-refractivity contribution in [1.29, 1.82) is 0 Å². The number of halogens is 2. The summed E-state index contributed by atoms with van der Waals surface area (Å²) in [7, 11) is 3.26. The number of aromatic nitrogens is 2. The lowest BCUT2D eigenvalue weighted by atomic mass is 10.2. The van der Waals surface area contributed by atoms with Crippen LogP contribution in [0, 0.1) is 12.7 Å². The molecule has 1 atom stereocenters. The number of fused-ring (bicyclic) bond motifs is 1. The minimum absolute atomic E-state index is 0.277. The van der Waals surface area contributed by atoms with E-state index < -0.39 is 11.7 Å². The quantitative estimate of drug-likeness (QED) is 0.716. The van der Waals surface area contributed by atoms with Crippen molar-refractivity contribution >= 4 is 33.1 Å². The second kappa shape index (κ2) is 7.92. The molecule has 0 unspecified atom stereocenters. The molecular weight excluding hydrogens is 405 g/mol. The van der Waals surface area contributed by atoms with E-state index in [0.717, 1.165) is 11.3 Å². The zero-order chi connectivity index (χ0) is 19.6. The van der Waals surface area contributed by atoms with E-state index in [1.807, 2.05) is 32.3 Å². The molecule has 1 aromatic heterocycles. The molecule has 0 aliphatic carbocycles. The topological polar surface area (TPSA) is 56.6 Å². The highest BCUT2D eigenvalue weighted by atomic mass is 79.9. The molecule has 0 spiro atoms. The Morgan fingerprint density at radius 2 is 2.08 bits per heavy atom. The molecule has 6 nitrogen and oxygen atoms in total. The number of aryl methyl sites for hydroxylation is 1. The van der Waals surface area contributed by atoms with Crippen molar-refractivity contribution in [3.63, 3.8) is 0 Å². The van der Waals surface area contributed by atoms with Gasteiger partial charge in [0.15, 0.2) is 0 Å². The summed E-state index contributed by atoms with van der Waals surface area (Å²) in [6.45, 7) is 8.15. The van der Waals surface area contributed by atoms with Gasteiger partial charge in [-0.25, -0.2) is 14.2 Å². The van der Waals surface area contributed by atoms with E-state index in [-0.39, 0.29) is 11.9 Å². The fraction of sp³-hybridized carbons (Fsp3) is 0.556. The lowest BCUT2D eigenvalue weighted by molar-refractivity contribution is 0.0116. The third kappa shape index (κ3) is 4.94. The Morgan fingerprint density at radius 3 is 2.65 bits per heavy atom. The first kappa shape index (κ1) is 20.6. The summed E-state index contributed by atoms with van der Waals surface area (Å²) < 4.78 is 27.1. The van der Waals surface area contributed by atoms with Crippen LogP contribution in [0.5, 0.6) is 0 Å². The van der Waals surface area contributed by atoms with Crippen LogP contribution in [0.4, 0.5) is 9.18 Å². The highest BCUT2D eigenvalue weighted by molar-refractivity contribution is 9.10. The maximum Gasteiger partial charge on any atom is 0.410 e. The van der Waals surface area contributed by atoms with Gasteiger partial charge in [-0.15, -0.1) is 0 Å². The minimum atomic E-state index is -0.556. The fourth-order valence-electron chi connectivity index (χ4n) is 2.65. The van der Waals surface area contributed by atoms with Crippen LogP contribution in [0.1, 0.15) is 26.6 Å². The normalized spacial score (nSPS) is 13.1. The predicted octanol–water partition coefficient (Wildman–Crippen LogP) is 4.13. The number of benzene rings is 1. The zero-order valence-electron chi connectivity index (χ0n) is 16.0. The first-order valence-corrected chi connectivity index (χ1v) is 9.10. The van der Waals surface area contributed by atoms with Crippen LogP contribution in [0.2, 0.25) is 0 Å². The van der Waals surface area contributed by atoms with Gasteiger partial charge in [-0.1, -0.05) is 0 Å². The highest BCUT2D eigenvalue weighted by Gasteiger charge is 2.23. The molecule has 2 aromatic rings. The van der Waals surface area contributed by atoms with Gasteiger partial charge in [0.2, 0.25) is 0 Å².